The number of hydrogen-bond donors (Lipinski definition) is 1. The molecule has 0 aliphatic carbocycles. The van der Waals surface area contributed by atoms with Crippen LogP contribution >= 0.6 is 7.60 Å². The fourth-order valence-corrected chi connectivity index (χ4v) is 2.05. The van der Waals surface area contributed by atoms with Gasteiger partial charge < -0.3 is 10.00 Å². The Morgan fingerprint density at radius 2 is 1.85 bits per heavy atom. The summed E-state index contributed by atoms with van der Waals surface area (Å²) in [5, 5.41) is 8.99. The molecule has 0 bridgehead atoms. The van der Waals surface area contributed by atoms with Crippen molar-refractivity contribution in [2.75, 3.05) is 6.66 Å². The van der Waals surface area contributed by atoms with Crippen LogP contribution in [0.25, 0.3) is 11.3 Å². The molecule has 0 aliphatic heterocycles. The molecule has 1 heterocycles. The first kappa shape index (κ1) is 14.9. The molecule has 0 saturated carbocycles. The molecule has 0 saturated heterocycles. The van der Waals surface area contributed by atoms with E-state index in [1.165, 1.54) is 6.66 Å². The lowest BCUT2D eigenvalue weighted by Gasteiger charge is -2.05. The van der Waals surface area contributed by atoms with E-state index in [1.807, 2.05) is 36.4 Å². The van der Waals surface area contributed by atoms with Crippen molar-refractivity contribution in [2.45, 2.75) is 13.2 Å². The first-order valence-electron chi connectivity index (χ1n) is 6.10. The number of aliphatic hydroxyl groups excluding tert-OH is 1. The van der Waals surface area contributed by atoms with E-state index in [0.717, 1.165) is 22.4 Å². The summed E-state index contributed by atoms with van der Waals surface area (Å²) in [5.74, 6) is 0. The highest BCUT2D eigenvalue weighted by atomic mass is 31.2. The SMILES string of the molecule is C[P@@](=O)([OH2+])OCc1ccc(-c2ccc(CO)cc2)nc1. The summed E-state index contributed by atoms with van der Waals surface area (Å²) in [6.07, 6.45) is 1.64. The van der Waals surface area contributed by atoms with Gasteiger partial charge in [0.2, 0.25) is 0 Å². The maximum Gasteiger partial charge on any atom is 0.470 e. The zero-order valence-electron chi connectivity index (χ0n) is 11.1. The number of nitrogens with zero attached hydrogens (tertiary/aromatic N) is 1. The molecule has 106 valence electrons. The van der Waals surface area contributed by atoms with Crippen molar-refractivity contribution in [3.8, 4) is 11.3 Å². The van der Waals surface area contributed by atoms with Crippen LogP contribution in [0.3, 0.4) is 0 Å². The van der Waals surface area contributed by atoms with Crippen LogP contribution in [0.4, 0.5) is 0 Å². The van der Waals surface area contributed by atoms with E-state index in [2.05, 4.69) is 4.98 Å². The lowest BCUT2D eigenvalue weighted by molar-refractivity contribution is 0.255. The molecule has 5 nitrogen and oxygen atoms in total. The summed E-state index contributed by atoms with van der Waals surface area (Å²) >= 11 is 0. The van der Waals surface area contributed by atoms with E-state index < -0.39 is 7.60 Å². The Balaban J connectivity index is 2.09. The molecular formula is C14H17NO4P+. The third-order valence-electron chi connectivity index (χ3n) is 2.73. The Kier molecular flexibility index (Phi) is 4.68. The lowest BCUT2D eigenvalue weighted by atomic mass is 10.1. The molecule has 3 N–H and O–H groups in total. The maximum absolute atomic E-state index is 11.1. The summed E-state index contributed by atoms with van der Waals surface area (Å²) in [4.78, 5) is 11.5. The van der Waals surface area contributed by atoms with Gasteiger partial charge in [-0.3, -0.25) is 9.51 Å². The third-order valence-corrected chi connectivity index (χ3v) is 3.36. The molecule has 0 fully saturated rings. The second-order valence-corrected chi connectivity index (χ2v) is 6.48. The van der Waals surface area contributed by atoms with Crippen LogP contribution in [0.2, 0.25) is 0 Å². The molecule has 0 unspecified atom stereocenters. The van der Waals surface area contributed by atoms with Gasteiger partial charge in [-0.1, -0.05) is 30.3 Å². The Hall–Kier alpha value is -1.52. The number of aromatic nitrogens is 1. The molecule has 0 spiro atoms. The summed E-state index contributed by atoms with van der Waals surface area (Å²) < 4.78 is 16.1. The van der Waals surface area contributed by atoms with E-state index in [0.29, 0.717) is 0 Å². The summed E-state index contributed by atoms with van der Waals surface area (Å²) in [6.45, 7) is 1.40. The third kappa shape index (κ3) is 4.25. The molecule has 0 radical (unpaired) electrons. The van der Waals surface area contributed by atoms with Gasteiger partial charge in [-0.25, -0.2) is 4.57 Å². The minimum atomic E-state index is -3.21. The average Bonchev–Trinajstić information content (AvgIpc) is 2.45. The smallest absolute Gasteiger partial charge is 0.392 e. The van der Waals surface area contributed by atoms with Crippen molar-refractivity contribution < 1.29 is 19.1 Å². The van der Waals surface area contributed by atoms with E-state index in [9.17, 15) is 4.57 Å². The first-order valence-corrected chi connectivity index (χ1v) is 8.17. The second kappa shape index (κ2) is 6.29. The largest absolute Gasteiger partial charge is 0.470 e. The van der Waals surface area contributed by atoms with E-state index >= 15 is 0 Å². The molecule has 1 aromatic heterocycles. The molecule has 1 aromatic carbocycles. The molecule has 1 atom stereocenters. The van der Waals surface area contributed by atoms with E-state index in [-0.39, 0.29) is 13.2 Å². The Morgan fingerprint density at radius 3 is 2.35 bits per heavy atom. The first-order chi connectivity index (χ1) is 9.48. The van der Waals surface area contributed by atoms with Gasteiger partial charge in [0, 0.05) is 11.8 Å². The molecule has 20 heavy (non-hydrogen) atoms. The van der Waals surface area contributed by atoms with Crippen molar-refractivity contribution in [1.29, 1.82) is 0 Å². The Labute approximate surface area is 117 Å². The molecule has 0 aliphatic rings. The van der Waals surface area contributed by atoms with E-state index in [1.54, 1.807) is 6.20 Å². The minimum absolute atomic E-state index is 0.0220. The van der Waals surface area contributed by atoms with Gasteiger partial charge in [0.1, 0.15) is 0 Å². The van der Waals surface area contributed by atoms with Gasteiger partial charge >= 0.3 is 7.60 Å². The van der Waals surface area contributed by atoms with Crippen LogP contribution in [-0.4, -0.2) is 21.6 Å². The zero-order chi connectivity index (χ0) is 14.6. The Morgan fingerprint density at radius 1 is 1.20 bits per heavy atom. The standard InChI is InChI=1S/C14H16NO4P/c1-20(17,18)19-10-12-4-7-14(15-8-12)13-5-2-11(9-16)3-6-13/h2-8,16H,9-10H2,1H3,(H,17,18)/p+1. The highest BCUT2D eigenvalue weighted by molar-refractivity contribution is 7.51. The number of rotatable bonds is 5. The van der Waals surface area contributed by atoms with Crippen molar-refractivity contribution in [3.05, 3.63) is 53.7 Å². The van der Waals surface area contributed by atoms with Crippen molar-refractivity contribution in [3.63, 3.8) is 0 Å². The summed E-state index contributed by atoms with van der Waals surface area (Å²) in [7, 11) is -3.21. The molecule has 2 rings (SSSR count). The summed E-state index contributed by atoms with van der Waals surface area (Å²) in [5.41, 5.74) is 3.39. The predicted octanol–water partition coefficient (Wildman–Crippen LogP) is 2.30. The maximum atomic E-state index is 11.1. The number of benzene rings is 1. The van der Waals surface area contributed by atoms with Gasteiger partial charge in [0.15, 0.2) is 0 Å². The lowest BCUT2D eigenvalue weighted by Crippen LogP contribution is -1.92. The second-order valence-electron chi connectivity index (χ2n) is 4.53. The van der Waals surface area contributed by atoms with Gasteiger partial charge in [0.25, 0.3) is 0 Å². The van der Waals surface area contributed by atoms with Gasteiger partial charge in [0.05, 0.1) is 25.6 Å². The molecule has 0 amide bonds. The van der Waals surface area contributed by atoms with Crippen LogP contribution in [0.1, 0.15) is 11.1 Å². The van der Waals surface area contributed by atoms with Crippen LogP contribution in [0, 0.1) is 0 Å². The quantitative estimate of drug-likeness (QED) is 0.677. The Bertz CT molecular complexity index is 604. The fourth-order valence-electron chi connectivity index (χ4n) is 1.66. The minimum Gasteiger partial charge on any atom is -0.392 e. The highest BCUT2D eigenvalue weighted by Crippen LogP contribution is 2.37. The number of hydrogen-bond acceptors (Lipinski definition) is 4. The average molecular weight is 294 g/mol. The monoisotopic (exact) mass is 294 g/mol. The van der Waals surface area contributed by atoms with Gasteiger partial charge in [-0.2, -0.15) is 0 Å². The highest BCUT2D eigenvalue weighted by Gasteiger charge is 2.16. The number of pyridine rings is 1. The van der Waals surface area contributed by atoms with Crippen LogP contribution in [0.5, 0.6) is 0 Å². The van der Waals surface area contributed by atoms with Crippen LogP contribution < -0.4 is 0 Å². The zero-order valence-corrected chi connectivity index (χ0v) is 12.0. The van der Waals surface area contributed by atoms with Gasteiger partial charge in [-0.05, 0) is 17.2 Å². The van der Waals surface area contributed by atoms with E-state index in [4.69, 9.17) is 14.5 Å². The normalized spacial score (nSPS) is 13.9. The molecule has 6 heteroatoms. The van der Waals surface area contributed by atoms with Gasteiger partial charge in [-0.15, -0.1) is 0 Å². The summed E-state index contributed by atoms with van der Waals surface area (Å²) in [6, 6.07) is 11.2. The van der Waals surface area contributed by atoms with Crippen molar-refractivity contribution in [2.24, 2.45) is 0 Å². The van der Waals surface area contributed by atoms with Crippen LogP contribution in [-0.2, 0) is 22.3 Å². The van der Waals surface area contributed by atoms with Crippen molar-refractivity contribution in [1.82, 2.24) is 4.98 Å². The predicted molar refractivity (Wildman–Crippen MR) is 77.5 cm³/mol. The van der Waals surface area contributed by atoms with Crippen LogP contribution in [0.15, 0.2) is 42.6 Å². The number of aliphatic hydroxyl groups is 1. The van der Waals surface area contributed by atoms with Crippen molar-refractivity contribution >= 4 is 7.60 Å². The topological polar surface area (TPSA) is 82.3 Å². The molecule has 2 aromatic rings. The molecular weight excluding hydrogens is 277 g/mol. The fraction of sp³-hybridized carbons (Fsp3) is 0.214.